The molecule has 5 heteroatoms. The van der Waals surface area contributed by atoms with Gasteiger partial charge in [-0.3, -0.25) is 4.21 Å². The van der Waals surface area contributed by atoms with E-state index in [1.165, 1.54) is 5.56 Å². The molecule has 2 atom stereocenters. The van der Waals surface area contributed by atoms with Gasteiger partial charge in [-0.2, -0.15) is 0 Å². The Labute approximate surface area is 137 Å². The summed E-state index contributed by atoms with van der Waals surface area (Å²) < 4.78 is 12.5. The first-order chi connectivity index (χ1) is 9.90. The van der Waals surface area contributed by atoms with Gasteiger partial charge in [0.05, 0.1) is 25.7 Å². The lowest BCUT2D eigenvalue weighted by atomic mass is 10.0. The van der Waals surface area contributed by atoms with Crippen LogP contribution in [0.5, 0.6) is 0 Å². The van der Waals surface area contributed by atoms with Gasteiger partial charge in [0, 0.05) is 11.8 Å². The van der Waals surface area contributed by atoms with E-state index in [2.05, 4.69) is 6.07 Å². The Morgan fingerprint density at radius 1 is 1.14 bits per heavy atom. The Morgan fingerprint density at radius 3 is 2.33 bits per heavy atom. The lowest BCUT2D eigenvalue weighted by molar-refractivity contribution is 0.675. The average Bonchev–Trinajstić information content (AvgIpc) is 2.37. The van der Waals surface area contributed by atoms with Crippen molar-refractivity contribution < 1.29 is 4.21 Å². The molecule has 0 aliphatic rings. The minimum atomic E-state index is -1.34. The standard InChI is InChI=1S/C16H17Cl2NOS/c1-10-6-7-12(11(2)8-10)15(19)9-21(20)16-13(17)4-3-5-14(16)18/h3-8,15H,9,19H2,1-2H3. The Balaban J connectivity index is 2.23. The number of nitrogens with two attached hydrogens (primary N) is 1. The third-order valence-corrected chi connectivity index (χ3v) is 5.71. The van der Waals surface area contributed by atoms with Crippen molar-refractivity contribution in [3.05, 3.63) is 63.1 Å². The van der Waals surface area contributed by atoms with Crippen molar-refractivity contribution >= 4 is 34.0 Å². The fourth-order valence-corrected chi connectivity index (χ4v) is 4.44. The highest BCUT2D eigenvalue weighted by Gasteiger charge is 2.18. The van der Waals surface area contributed by atoms with Gasteiger partial charge in [0.1, 0.15) is 0 Å². The van der Waals surface area contributed by atoms with Crippen LogP contribution in [0, 0.1) is 13.8 Å². The Bertz CT molecular complexity index is 668. The van der Waals surface area contributed by atoms with Gasteiger partial charge in [-0.05, 0) is 37.1 Å². The van der Waals surface area contributed by atoms with Crippen LogP contribution in [0.3, 0.4) is 0 Å². The van der Waals surface area contributed by atoms with E-state index in [0.717, 1.165) is 11.1 Å². The van der Waals surface area contributed by atoms with Gasteiger partial charge in [0.25, 0.3) is 0 Å². The van der Waals surface area contributed by atoms with Crippen LogP contribution in [-0.2, 0) is 10.8 Å². The second-order valence-electron chi connectivity index (χ2n) is 5.03. The minimum absolute atomic E-state index is 0.285. The van der Waals surface area contributed by atoms with E-state index >= 15 is 0 Å². The van der Waals surface area contributed by atoms with E-state index in [-0.39, 0.29) is 11.8 Å². The van der Waals surface area contributed by atoms with Crippen LogP contribution in [0.1, 0.15) is 22.7 Å². The molecule has 2 rings (SSSR count). The highest BCUT2D eigenvalue weighted by molar-refractivity contribution is 7.85. The lowest BCUT2D eigenvalue weighted by Crippen LogP contribution is -2.19. The molecule has 0 fully saturated rings. The number of rotatable bonds is 4. The van der Waals surface area contributed by atoms with E-state index in [0.29, 0.717) is 14.9 Å². The number of aryl methyl sites for hydroxylation is 2. The van der Waals surface area contributed by atoms with E-state index < -0.39 is 10.8 Å². The molecule has 0 saturated heterocycles. The van der Waals surface area contributed by atoms with Crippen molar-refractivity contribution in [2.45, 2.75) is 24.8 Å². The first kappa shape index (κ1) is 16.5. The van der Waals surface area contributed by atoms with Gasteiger partial charge in [-0.25, -0.2) is 0 Å². The van der Waals surface area contributed by atoms with Crippen LogP contribution in [0.15, 0.2) is 41.3 Å². The minimum Gasteiger partial charge on any atom is -0.323 e. The topological polar surface area (TPSA) is 43.1 Å². The molecular weight excluding hydrogens is 325 g/mol. The molecule has 2 nitrogen and oxygen atoms in total. The zero-order valence-electron chi connectivity index (χ0n) is 11.9. The maximum Gasteiger partial charge on any atom is 0.0761 e. The predicted octanol–water partition coefficient (Wildman–Crippen LogP) is 4.42. The van der Waals surface area contributed by atoms with Gasteiger partial charge in [-0.1, -0.05) is 53.0 Å². The van der Waals surface area contributed by atoms with Crippen LogP contribution in [0.2, 0.25) is 10.0 Å². The van der Waals surface area contributed by atoms with Gasteiger partial charge in [0.15, 0.2) is 0 Å². The molecule has 2 aromatic rings. The predicted molar refractivity (Wildman–Crippen MR) is 90.6 cm³/mol. The summed E-state index contributed by atoms with van der Waals surface area (Å²) in [5.41, 5.74) is 9.48. The molecule has 0 amide bonds. The summed E-state index contributed by atoms with van der Waals surface area (Å²) >= 11 is 12.2. The Morgan fingerprint density at radius 2 is 1.76 bits per heavy atom. The molecule has 0 radical (unpaired) electrons. The first-order valence-electron chi connectivity index (χ1n) is 6.55. The van der Waals surface area contributed by atoms with E-state index in [4.69, 9.17) is 28.9 Å². The third kappa shape index (κ3) is 3.86. The summed E-state index contributed by atoms with van der Waals surface area (Å²) in [7, 11) is -1.34. The maximum absolute atomic E-state index is 12.5. The van der Waals surface area contributed by atoms with Crippen LogP contribution in [0.25, 0.3) is 0 Å². The van der Waals surface area contributed by atoms with Crippen LogP contribution < -0.4 is 5.73 Å². The molecular formula is C16H17Cl2NOS. The molecule has 0 aliphatic carbocycles. The van der Waals surface area contributed by atoms with Crippen LogP contribution in [0.4, 0.5) is 0 Å². The number of halogens is 2. The number of hydrogen-bond donors (Lipinski definition) is 1. The summed E-state index contributed by atoms with van der Waals surface area (Å²) in [6.45, 7) is 4.04. The average molecular weight is 342 g/mol. The monoisotopic (exact) mass is 341 g/mol. The van der Waals surface area contributed by atoms with Crippen LogP contribution in [-0.4, -0.2) is 9.96 Å². The summed E-state index contributed by atoms with van der Waals surface area (Å²) in [6, 6.07) is 10.8. The summed E-state index contributed by atoms with van der Waals surface area (Å²) in [5.74, 6) is 0.285. The van der Waals surface area contributed by atoms with Gasteiger partial charge < -0.3 is 5.73 Å². The molecule has 112 valence electrons. The molecule has 0 spiro atoms. The fraction of sp³-hybridized carbons (Fsp3) is 0.250. The van der Waals surface area contributed by atoms with Crippen molar-refractivity contribution in [3.63, 3.8) is 0 Å². The molecule has 2 N–H and O–H groups in total. The fourth-order valence-electron chi connectivity index (χ4n) is 2.28. The maximum atomic E-state index is 12.5. The quantitative estimate of drug-likeness (QED) is 0.894. The molecule has 0 saturated carbocycles. The van der Waals surface area contributed by atoms with Gasteiger partial charge in [-0.15, -0.1) is 0 Å². The van der Waals surface area contributed by atoms with Crippen molar-refractivity contribution in [1.82, 2.24) is 0 Å². The van der Waals surface area contributed by atoms with Crippen molar-refractivity contribution in [2.75, 3.05) is 5.75 Å². The highest BCUT2D eigenvalue weighted by atomic mass is 35.5. The zero-order chi connectivity index (χ0) is 15.6. The molecule has 2 unspecified atom stereocenters. The SMILES string of the molecule is Cc1ccc(C(N)CS(=O)c2c(Cl)cccc2Cl)c(C)c1. The normalized spacial score (nSPS) is 14.0. The molecule has 0 aromatic heterocycles. The number of hydrogen-bond acceptors (Lipinski definition) is 2. The van der Waals surface area contributed by atoms with Gasteiger partial charge >= 0.3 is 0 Å². The molecule has 0 heterocycles. The van der Waals surface area contributed by atoms with Crippen molar-refractivity contribution in [1.29, 1.82) is 0 Å². The highest BCUT2D eigenvalue weighted by Crippen LogP contribution is 2.29. The van der Waals surface area contributed by atoms with Crippen LogP contribution >= 0.6 is 23.2 Å². The molecule has 0 bridgehead atoms. The Hall–Kier alpha value is -0.870. The smallest absolute Gasteiger partial charge is 0.0761 e. The van der Waals surface area contributed by atoms with Crippen molar-refractivity contribution in [3.8, 4) is 0 Å². The summed E-state index contributed by atoms with van der Waals surface area (Å²) in [4.78, 5) is 0.459. The summed E-state index contributed by atoms with van der Waals surface area (Å²) in [5, 5.41) is 0.822. The Kier molecular flexibility index (Phi) is 5.44. The molecule has 0 aliphatic heterocycles. The second kappa shape index (κ2) is 6.93. The van der Waals surface area contributed by atoms with E-state index in [1.54, 1.807) is 18.2 Å². The lowest BCUT2D eigenvalue weighted by Gasteiger charge is -2.16. The van der Waals surface area contributed by atoms with Gasteiger partial charge in [0.2, 0.25) is 0 Å². The zero-order valence-corrected chi connectivity index (χ0v) is 14.2. The van der Waals surface area contributed by atoms with Crippen molar-refractivity contribution in [2.24, 2.45) is 5.73 Å². The third-order valence-electron chi connectivity index (χ3n) is 3.30. The second-order valence-corrected chi connectivity index (χ2v) is 7.28. The summed E-state index contributed by atoms with van der Waals surface area (Å²) in [6.07, 6.45) is 0. The van der Waals surface area contributed by atoms with E-state index in [1.807, 2.05) is 26.0 Å². The molecule has 2 aromatic carbocycles. The first-order valence-corrected chi connectivity index (χ1v) is 8.62. The van der Waals surface area contributed by atoms with E-state index in [9.17, 15) is 4.21 Å². The number of benzene rings is 2. The molecule has 21 heavy (non-hydrogen) atoms. The largest absolute Gasteiger partial charge is 0.323 e.